The Labute approximate surface area is 119 Å². The van der Waals surface area contributed by atoms with Gasteiger partial charge in [-0.1, -0.05) is 0 Å². The number of carbonyl (C=O) groups excluding carboxylic acids is 1. The fourth-order valence-electron chi connectivity index (χ4n) is 1.71. The van der Waals surface area contributed by atoms with E-state index in [2.05, 4.69) is 5.32 Å². The monoisotopic (exact) mass is 290 g/mol. The highest BCUT2D eigenvalue weighted by molar-refractivity contribution is 6.04. The number of nitrogens with one attached hydrogen (secondary N) is 1. The molecule has 6 nitrogen and oxygen atoms in total. The van der Waals surface area contributed by atoms with Gasteiger partial charge in [-0.2, -0.15) is 0 Å². The number of rotatable bonds is 4. The molecule has 7 heteroatoms. The number of anilines is 1. The standard InChI is InChI=1S/C14H11FN2O4/c1-21-13-7-2-9(8-12(13)17(19)20)14(18)16-11-5-3-10(15)4-6-11/h2-8H,1H3,(H,16,18). The average Bonchev–Trinajstić information content (AvgIpc) is 2.48. The Balaban J connectivity index is 2.25. The van der Waals surface area contributed by atoms with Crippen LogP contribution in [0.15, 0.2) is 42.5 Å². The van der Waals surface area contributed by atoms with Gasteiger partial charge in [0.1, 0.15) is 5.82 Å². The van der Waals surface area contributed by atoms with Crippen LogP contribution >= 0.6 is 0 Å². The van der Waals surface area contributed by atoms with Crippen molar-refractivity contribution in [3.05, 3.63) is 64.0 Å². The van der Waals surface area contributed by atoms with E-state index in [1.54, 1.807) is 0 Å². The third-order valence-corrected chi connectivity index (χ3v) is 2.74. The van der Waals surface area contributed by atoms with Gasteiger partial charge in [0.05, 0.1) is 12.0 Å². The Morgan fingerprint density at radius 3 is 2.48 bits per heavy atom. The average molecular weight is 290 g/mol. The molecule has 0 fully saturated rings. The van der Waals surface area contributed by atoms with Gasteiger partial charge >= 0.3 is 5.69 Å². The minimum atomic E-state index is -0.631. The molecule has 2 rings (SSSR count). The van der Waals surface area contributed by atoms with Crippen molar-refractivity contribution in [2.45, 2.75) is 0 Å². The number of ether oxygens (including phenoxy) is 1. The Bertz CT molecular complexity index is 686. The number of halogens is 1. The molecule has 2 aromatic rings. The van der Waals surface area contributed by atoms with Gasteiger partial charge in [0.2, 0.25) is 0 Å². The van der Waals surface area contributed by atoms with Crippen molar-refractivity contribution in [1.29, 1.82) is 0 Å². The molecule has 1 N–H and O–H groups in total. The summed E-state index contributed by atoms with van der Waals surface area (Å²) in [6, 6.07) is 9.06. The van der Waals surface area contributed by atoms with Gasteiger partial charge in [0.25, 0.3) is 5.91 Å². The second kappa shape index (κ2) is 6.00. The predicted octanol–water partition coefficient (Wildman–Crippen LogP) is 2.99. The maximum Gasteiger partial charge on any atom is 0.311 e. The van der Waals surface area contributed by atoms with Gasteiger partial charge < -0.3 is 10.1 Å². The lowest BCUT2D eigenvalue weighted by atomic mass is 10.1. The van der Waals surface area contributed by atoms with Crippen LogP contribution in [0.2, 0.25) is 0 Å². The van der Waals surface area contributed by atoms with E-state index in [-0.39, 0.29) is 17.0 Å². The summed E-state index contributed by atoms with van der Waals surface area (Å²) in [6.07, 6.45) is 0. The Kier molecular flexibility index (Phi) is 4.13. The zero-order valence-electron chi connectivity index (χ0n) is 11.0. The van der Waals surface area contributed by atoms with Gasteiger partial charge in [-0.05, 0) is 36.4 Å². The number of methoxy groups -OCH3 is 1. The molecule has 21 heavy (non-hydrogen) atoms. The van der Waals surface area contributed by atoms with Gasteiger partial charge in [0, 0.05) is 17.3 Å². The summed E-state index contributed by atoms with van der Waals surface area (Å²) < 4.78 is 17.6. The van der Waals surface area contributed by atoms with Crippen molar-refractivity contribution in [2.75, 3.05) is 12.4 Å². The van der Waals surface area contributed by atoms with E-state index < -0.39 is 16.6 Å². The highest BCUT2D eigenvalue weighted by Gasteiger charge is 2.18. The highest BCUT2D eigenvalue weighted by Crippen LogP contribution is 2.27. The minimum absolute atomic E-state index is 0.0679. The fraction of sp³-hybridized carbons (Fsp3) is 0.0714. The van der Waals surface area contributed by atoms with Gasteiger partial charge in [-0.3, -0.25) is 14.9 Å². The molecule has 0 radical (unpaired) electrons. The van der Waals surface area contributed by atoms with Gasteiger partial charge in [0.15, 0.2) is 5.75 Å². The molecule has 0 spiro atoms. The number of nitro benzene ring substituents is 1. The van der Waals surface area contributed by atoms with Crippen LogP contribution in [-0.2, 0) is 0 Å². The van der Waals surface area contributed by atoms with Crippen molar-refractivity contribution in [3.63, 3.8) is 0 Å². The largest absolute Gasteiger partial charge is 0.490 e. The molecule has 0 heterocycles. The van der Waals surface area contributed by atoms with Crippen molar-refractivity contribution < 1.29 is 18.8 Å². The van der Waals surface area contributed by atoms with E-state index in [4.69, 9.17) is 4.74 Å². The van der Waals surface area contributed by atoms with E-state index in [1.165, 1.54) is 43.5 Å². The summed E-state index contributed by atoms with van der Waals surface area (Å²) >= 11 is 0. The van der Waals surface area contributed by atoms with Crippen LogP contribution in [0.5, 0.6) is 5.75 Å². The first-order valence-corrected chi connectivity index (χ1v) is 5.90. The molecule has 0 aliphatic carbocycles. The topological polar surface area (TPSA) is 81.5 Å². The first kappa shape index (κ1) is 14.4. The highest BCUT2D eigenvalue weighted by atomic mass is 19.1. The molecule has 0 atom stereocenters. The first-order valence-electron chi connectivity index (χ1n) is 5.90. The Morgan fingerprint density at radius 2 is 1.90 bits per heavy atom. The molecular weight excluding hydrogens is 279 g/mol. The quantitative estimate of drug-likeness (QED) is 0.693. The van der Waals surface area contributed by atoms with Crippen molar-refractivity contribution in [2.24, 2.45) is 0 Å². The fourth-order valence-corrected chi connectivity index (χ4v) is 1.71. The Morgan fingerprint density at radius 1 is 1.24 bits per heavy atom. The third-order valence-electron chi connectivity index (χ3n) is 2.74. The van der Waals surface area contributed by atoms with Crippen molar-refractivity contribution >= 4 is 17.3 Å². The molecule has 0 aliphatic heterocycles. The zero-order chi connectivity index (χ0) is 15.4. The smallest absolute Gasteiger partial charge is 0.311 e. The molecule has 1 amide bonds. The maximum absolute atomic E-state index is 12.8. The number of nitrogens with zero attached hydrogens (tertiary/aromatic N) is 1. The lowest BCUT2D eigenvalue weighted by molar-refractivity contribution is -0.385. The SMILES string of the molecule is COc1ccc(C(=O)Nc2ccc(F)cc2)cc1[N+](=O)[O-]. The van der Waals surface area contributed by atoms with Gasteiger partial charge in [-0.25, -0.2) is 4.39 Å². The van der Waals surface area contributed by atoms with Crippen LogP contribution in [0.3, 0.4) is 0 Å². The molecule has 0 unspecified atom stereocenters. The molecule has 0 aliphatic rings. The minimum Gasteiger partial charge on any atom is -0.490 e. The lowest BCUT2D eigenvalue weighted by Crippen LogP contribution is -2.12. The number of amides is 1. The number of hydrogen-bond donors (Lipinski definition) is 1. The maximum atomic E-state index is 12.8. The molecule has 2 aromatic carbocycles. The van der Waals surface area contributed by atoms with Crippen LogP contribution in [-0.4, -0.2) is 17.9 Å². The van der Waals surface area contributed by atoms with E-state index in [9.17, 15) is 19.3 Å². The third kappa shape index (κ3) is 3.33. The summed E-state index contributed by atoms with van der Waals surface area (Å²) in [4.78, 5) is 22.3. The van der Waals surface area contributed by atoms with Crippen LogP contribution in [0.1, 0.15) is 10.4 Å². The van der Waals surface area contributed by atoms with Crippen LogP contribution < -0.4 is 10.1 Å². The van der Waals surface area contributed by atoms with E-state index in [0.29, 0.717) is 5.69 Å². The van der Waals surface area contributed by atoms with Gasteiger partial charge in [-0.15, -0.1) is 0 Å². The second-order valence-electron chi connectivity index (χ2n) is 4.10. The van der Waals surface area contributed by atoms with Crippen molar-refractivity contribution in [3.8, 4) is 5.75 Å². The van der Waals surface area contributed by atoms with E-state index in [1.807, 2.05) is 0 Å². The van der Waals surface area contributed by atoms with Crippen molar-refractivity contribution in [1.82, 2.24) is 0 Å². The molecule has 108 valence electrons. The number of benzene rings is 2. The first-order chi connectivity index (χ1) is 10.0. The van der Waals surface area contributed by atoms with Crippen LogP contribution in [0.4, 0.5) is 15.8 Å². The van der Waals surface area contributed by atoms with Crippen LogP contribution in [0.25, 0.3) is 0 Å². The summed E-state index contributed by atoms with van der Waals surface area (Å²) in [5.41, 5.74) is 0.191. The number of nitro groups is 1. The summed E-state index contributed by atoms with van der Waals surface area (Å²) in [6.45, 7) is 0. The number of carbonyl (C=O) groups is 1. The molecule has 0 aromatic heterocycles. The summed E-state index contributed by atoms with van der Waals surface area (Å²) in [5.74, 6) is -0.890. The molecule has 0 bridgehead atoms. The molecule has 0 saturated heterocycles. The number of hydrogen-bond acceptors (Lipinski definition) is 4. The summed E-state index contributed by atoms with van der Waals surface area (Å²) in [5, 5.41) is 13.4. The van der Waals surface area contributed by atoms with E-state index >= 15 is 0 Å². The van der Waals surface area contributed by atoms with Crippen LogP contribution in [0, 0.1) is 15.9 Å². The lowest BCUT2D eigenvalue weighted by Gasteiger charge is -2.06. The van der Waals surface area contributed by atoms with E-state index in [0.717, 1.165) is 6.07 Å². The summed E-state index contributed by atoms with van der Waals surface area (Å²) in [7, 11) is 1.31. The molecule has 0 saturated carbocycles. The molecular formula is C14H11FN2O4. The second-order valence-corrected chi connectivity index (χ2v) is 4.10. The normalized spacial score (nSPS) is 10.0. The predicted molar refractivity (Wildman–Crippen MR) is 74.0 cm³/mol. The Hall–Kier alpha value is -2.96. The zero-order valence-corrected chi connectivity index (χ0v) is 11.0.